The summed E-state index contributed by atoms with van der Waals surface area (Å²) in [6.45, 7) is 2.15. The van der Waals surface area contributed by atoms with E-state index >= 15 is 0 Å². The maximum Gasteiger partial charge on any atom is 0.358 e. The van der Waals surface area contributed by atoms with Crippen molar-refractivity contribution >= 4 is 24.2 Å². The molecule has 0 unspecified atom stereocenters. The average Bonchev–Trinajstić information content (AvgIpc) is 2.45. The number of nitrogens with zero attached hydrogens (tertiary/aromatic N) is 5. The molecule has 0 spiro atoms. The minimum atomic E-state index is -0.406. The van der Waals surface area contributed by atoms with Crippen molar-refractivity contribution in [3.63, 3.8) is 0 Å². The second-order valence-electron chi connectivity index (χ2n) is 4.04. The van der Waals surface area contributed by atoms with Gasteiger partial charge in [0.15, 0.2) is 0 Å². The number of nitrogens with one attached hydrogen (secondary N) is 1. The van der Waals surface area contributed by atoms with Gasteiger partial charge in [0.2, 0.25) is 0 Å². The van der Waals surface area contributed by atoms with Crippen molar-refractivity contribution in [2.24, 2.45) is 15.4 Å². The van der Waals surface area contributed by atoms with Crippen LogP contribution in [0.25, 0.3) is 0 Å². The van der Waals surface area contributed by atoms with Gasteiger partial charge in [0.1, 0.15) is 12.8 Å². The summed E-state index contributed by atoms with van der Waals surface area (Å²) in [7, 11) is 1.43. The Morgan fingerprint density at radius 2 is 2.30 bits per heavy atom. The van der Waals surface area contributed by atoms with Crippen molar-refractivity contribution in [1.82, 2.24) is 15.4 Å². The first kappa shape index (κ1) is 13.7. The standard InChI is InChI=1S/C12H14N6O2/c1-9-3-10(5-13-4-9)6-14-18-8-11(7-15-20-2)16-17-12(18)19/h3-7H,8H2,1-2H3,(H,17,19)/b14-6+,15-7+. The third-order valence-electron chi connectivity index (χ3n) is 2.39. The Labute approximate surface area is 115 Å². The van der Waals surface area contributed by atoms with Crippen molar-refractivity contribution < 1.29 is 9.63 Å². The fourth-order valence-corrected chi connectivity index (χ4v) is 1.50. The minimum Gasteiger partial charge on any atom is -0.399 e. The number of carbonyl (C=O) groups excluding carboxylic acids is 1. The van der Waals surface area contributed by atoms with Gasteiger partial charge in [-0.15, -0.1) is 0 Å². The van der Waals surface area contributed by atoms with Crippen LogP contribution in [-0.2, 0) is 4.84 Å². The molecule has 1 aromatic rings. The molecule has 1 aromatic heterocycles. The monoisotopic (exact) mass is 274 g/mol. The van der Waals surface area contributed by atoms with E-state index in [0.29, 0.717) is 5.71 Å². The van der Waals surface area contributed by atoms with Crippen LogP contribution in [0.1, 0.15) is 11.1 Å². The Morgan fingerprint density at radius 3 is 3.05 bits per heavy atom. The lowest BCUT2D eigenvalue weighted by molar-refractivity contribution is 0.204. The van der Waals surface area contributed by atoms with Crippen molar-refractivity contribution in [2.45, 2.75) is 6.92 Å². The highest BCUT2D eigenvalue weighted by atomic mass is 16.6. The van der Waals surface area contributed by atoms with Gasteiger partial charge in [-0.25, -0.2) is 15.2 Å². The van der Waals surface area contributed by atoms with Crippen LogP contribution in [-0.4, -0.2) is 47.8 Å². The maximum atomic E-state index is 11.6. The van der Waals surface area contributed by atoms with Crippen LogP contribution in [0.3, 0.4) is 0 Å². The normalized spacial score (nSPS) is 15.6. The molecule has 1 aliphatic heterocycles. The summed E-state index contributed by atoms with van der Waals surface area (Å²) in [6.07, 6.45) is 6.39. The lowest BCUT2D eigenvalue weighted by Crippen LogP contribution is -2.43. The Hall–Kier alpha value is -2.77. The predicted octanol–water partition coefficient (Wildman–Crippen LogP) is 0.737. The Balaban J connectivity index is 2.07. The first-order valence-corrected chi connectivity index (χ1v) is 5.85. The summed E-state index contributed by atoms with van der Waals surface area (Å²) in [4.78, 5) is 20.2. The van der Waals surface area contributed by atoms with Gasteiger partial charge in [-0.2, -0.15) is 10.2 Å². The van der Waals surface area contributed by atoms with Gasteiger partial charge < -0.3 is 4.84 Å². The molecule has 8 nitrogen and oxygen atoms in total. The summed E-state index contributed by atoms with van der Waals surface area (Å²) in [6, 6.07) is 1.51. The molecule has 8 heteroatoms. The number of pyridine rings is 1. The SMILES string of the molecule is CO/N=C/C1=NNC(=O)N(/N=C/c2cncc(C)c2)C1. The van der Waals surface area contributed by atoms with Crippen LogP contribution in [0, 0.1) is 6.92 Å². The van der Waals surface area contributed by atoms with Gasteiger partial charge in [0.25, 0.3) is 0 Å². The molecule has 2 rings (SSSR count). The molecule has 0 saturated carbocycles. The average molecular weight is 274 g/mol. The number of amides is 2. The molecule has 2 amide bonds. The number of aromatic nitrogens is 1. The van der Waals surface area contributed by atoms with E-state index in [9.17, 15) is 4.79 Å². The highest BCUT2D eigenvalue weighted by Crippen LogP contribution is 2.01. The molecular formula is C12H14N6O2. The van der Waals surface area contributed by atoms with Gasteiger partial charge in [-0.3, -0.25) is 4.98 Å². The van der Waals surface area contributed by atoms with Crippen LogP contribution >= 0.6 is 0 Å². The highest BCUT2D eigenvalue weighted by molar-refractivity contribution is 6.32. The molecule has 0 aliphatic carbocycles. The zero-order chi connectivity index (χ0) is 14.4. The van der Waals surface area contributed by atoms with E-state index < -0.39 is 6.03 Å². The highest BCUT2D eigenvalue weighted by Gasteiger charge is 2.18. The summed E-state index contributed by atoms with van der Waals surface area (Å²) in [5.74, 6) is 0. The molecule has 0 fully saturated rings. The van der Waals surface area contributed by atoms with E-state index in [4.69, 9.17) is 0 Å². The molecular weight excluding hydrogens is 260 g/mol. The molecule has 20 heavy (non-hydrogen) atoms. The number of oxime groups is 1. The minimum absolute atomic E-state index is 0.217. The molecule has 1 aliphatic rings. The van der Waals surface area contributed by atoms with Crippen LogP contribution < -0.4 is 5.43 Å². The van der Waals surface area contributed by atoms with Gasteiger partial charge in [-0.05, 0) is 18.6 Å². The quantitative estimate of drug-likeness (QED) is 0.648. The lowest BCUT2D eigenvalue weighted by atomic mass is 10.2. The smallest absolute Gasteiger partial charge is 0.358 e. The number of hydrazone groups is 2. The van der Waals surface area contributed by atoms with Crippen LogP contribution in [0.5, 0.6) is 0 Å². The van der Waals surface area contributed by atoms with Crippen molar-refractivity contribution in [3.8, 4) is 0 Å². The first-order chi connectivity index (χ1) is 9.69. The van der Waals surface area contributed by atoms with E-state index in [1.165, 1.54) is 18.3 Å². The maximum absolute atomic E-state index is 11.6. The molecule has 104 valence electrons. The molecule has 0 radical (unpaired) electrons. The number of hydrogen-bond acceptors (Lipinski definition) is 6. The molecule has 2 heterocycles. The van der Waals surface area contributed by atoms with E-state index in [-0.39, 0.29) is 6.54 Å². The summed E-state index contributed by atoms with van der Waals surface area (Å²) >= 11 is 0. The van der Waals surface area contributed by atoms with E-state index in [1.807, 2.05) is 13.0 Å². The summed E-state index contributed by atoms with van der Waals surface area (Å²) in [5, 5.41) is 12.8. The van der Waals surface area contributed by atoms with Crippen LogP contribution in [0.4, 0.5) is 4.79 Å². The van der Waals surface area contributed by atoms with Gasteiger partial charge in [0.05, 0.1) is 19.0 Å². The Bertz CT molecular complexity index is 581. The van der Waals surface area contributed by atoms with Crippen molar-refractivity contribution in [2.75, 3.05) is 13.7 Å². The largest absolute Gasteiger partial charge is 0.399 e. The van der Waals surface area contributed by atoms with Gasteiger partial charge >= 0.3 is 6.03 Å². The van der Waals surface area contributed by atoms with Crippen LogP contribution in [0.15, 0.2) is 33.8 Å². The second-order valence-corrected chi connectivity index (χ2v) is 4.04. The number of urea groups is 1. The number of rotatable bonds is 4. The topological polar surface area (TPSA) is 91.5 Å². The molecule has 0 saturated heterocycles. The first-order valence-electron chi connectivity index (χ1n) is 5.85. The molecule has 0 aromatic carbocycles. The molecule has 1 N–H and O–H groups in total. The zero-order valence-electron chi connectivity index (χ0n) is 11.1. The fourth-order valence-electron chi connectivity index (χ4n) is 1.50. The Kier molecular flexibility index (Phi) is 4.38. The third kappa shape index (κ3) is 3.61. The van der Waals surface area contributed by atoms with Crippen molar-refractivity contribution in [1.29, 1.82) is 0 Å². The zero-order valence-corrected chi connectivity index (χ0v) is 11.1. The van der Waals surface area contributed by atoms with Crippen LogP contribution in [0.2, 0.25) is 0 Å². The van der Waals surface area contributed by atoms with E-state index in [0.717, 1.165) is 11.1 Å². The van der Waals surface area contributed by atoms with Gasteiger partial charge in [-0.1, -0.05) is 5.16 Å². The van der Waals surface area contributed by atoms with Gasteiger partial charge in [0, 0.05) is 18.0 Å². The summed E-state index contributed by atoms with van der Waals surface area (Å²) in [5.41, 5.74) is 4.70. The predicted molar refractivity (Wildman–Crippen MR) is 74.7 cm³/mol. The van der Waals surface area contributed by atoms with E-state index in [2.05, 4.69) is 30.6 Å². The second kappa shape index (κ2) is 6.41. The molecule has 0 bridgehead atoms. The fraction of sp³-hybridized carbons (Fsp3) is 0.250. The third-order valence-corrected chi connectivity index (χ3v) is 2.39. The number of carbonyl (C=O) groups is 1. The van der Waals surface area contributed by atoms with E-state index in [1.54, 1.807) is 18.6 Å². The Morgan fingerprint density at radius 1 is 1.45 bits per heavy atom. The number of aryl methyl sites for hydroxylation is 1. The number of hydrogen-bond donors (Lipinski definition) is 1. The van der Waals surface area contributed by atoms with Crippen molar-refractivity contribution in [3.05, 3.63) is 29.6 Å². The lowest BCUT2D eigenvalue weighted by Gasteiger charge is -2.20. The molecule has 0 atom stereocenters. The summed E-state index contributed by atoms with van der Waals surface area (Å²) < 4.78 is 0.